The van der Waals surface area contributed by atoms with E-state index in [4.69, 9.17) is 4.74 Å². The van der Waals surface area contributed by atoms with E-state index in [0.29, 0.717) is 0 Å². The Balaban J connectivity index is 2.24. The molecule has 7 heteroatoms. The summed E-state index contributed by atoms with van der Waals surface area (Å²) < 4.78 is 19.6. The van der Waals surface area contributed by atoms with Crippen molar-refractivity contribution in [2.24, 2.45) is 0 Å². The largest absolute Gasteiger partial charge is 0.480 e. The highest BCUT2D eigenvalue weighted by atomic mass is 19.1. The Morgan fingerprint density at radius 3 is 2.60 bits per heavy atom. The number of aromatic nitrogens is 1. The molecular formula is C18H23FN2O4. The minimum Gasteiger partial charge on any atom is -0.480 e. The Bertz CT molecular complexity index is 764. The van der Waals surface area contributed by atoms with Gasteiger partial charge in [-0.2, -0.15) is 0 Å². The minimum atomic E-state index is -1.16. The van der Waals surface area contributed by atoms with Crippen LogP contribution in [0.4, 0.5) is 9.18 Å². The zero-order valence-electron chi connectivity index (χ0n) is 14.6. The van der Waals surface area contributed by atoms with Crippen LogP contribution in [0.3, 0.4) is 0 Å². The Morgan fingerprint density at radius 1 is 1.32 bits per heavy atom. The number of nitrogens with zero attached hydrogens (tertiary/aromatic N) is 1. The molecule has 136 valence electrons. The molecule has 1 amide bonds. The fourth-order valence-electron chi connectivity index (χ4n) is 2.63. The van der Waals surface area contributed by atoms with E-state index < -0.39 is 30.4 Å². The number of aryl methyl sites for hydroxylation is 1. The zero-order chi connectivity index (χ0) is 18.6. The third-order valence-electron chi connectivity index (χ3n) is 3.61. The van der Waals surface area contributed by atoms with Crippen LogP contribution in [0, 0.1) is 0 Å². The molecule has 2 rings (SSSR count). The van der Waals surface area contributed by atoms with E-state index in [9.17, 15) is 19.1 Å². The van der Waals surface area contributed by atoms with E-state index in [-0.39, 0.29) is 13.0 Å². The molecule has 0 fully saturated rings. The first-order valence-electron chi connectivity index (χ1n) is 8.06. The molecule has 2 aromatic rings. The van der Waals surface area contributed by atoms with E-state index in [1.54, 1.807) is 31.5 Å². The number of nitrogens with one attached hydrogen (secondary N) is 1. The third-order valence-corrected chi connectivity index (χ3v) is 3.61. The normalized spacial score (nSPS) is 12.8. The van der Waals surface area contributed by atoms with Crippen LogP contribution < -0.4 is 5.32 Å². The van der Waals surface area contributed by atoms with Gasteiger partial charge in [-0.05, 0) is 32.4 Å². The molecule has 6 nitrogen and oxygen atoms in total. The summed E-state index contributed by atoms with van der Waals surface area (Å²) in [5.74, 6) is -1.16. The molecule has 0 aliphatic rings. The molecule has 1 unspecified atom stereocenters. The highest BCUT2D eigenvalue weighted by Gasteiger charge is 2.25. The molecule has 0 bridgehead atoms. The summed E-state index contributed by atoms with van der Waals surface area (Å²) in [5.41, 5.74) is 0.841. The lowest BCUT2D eigenvalue weighted by Crippen LogP contribution is -2.44. The number of ether oxygens (including phenoxy) is 1. The van der Waals surface area contributed by atoms with Crippen LogP contribution in [-0.2, 0) is 22.5 Å². The van der Waals surface area contributed by atoms with Crippen molar-refractivity contribution >= 4 is 23.0 Å². The molecule has 0 aliphatic heterocycles. The predicted molar refractivity (Wildman–Crippen MR) is 92.4 cm³/mol. The van der Waals surface area contributed by atoms with Crippen LogP contribution in [0.2, 0.25) is 0 Å². The standard InChI is InChI=1S/C18H23FN2O4/c1-18(2,3)25-17(24)20-14(16(22)23)10-12-11-21(9-8-19)15-7-5-4-6-13(12)15/h4-7,11,14H,8-10H2,1-3H3,(H,20,24)(H,22,23). The second kappa shape index (κ2) is 7.55. The number of alkyl halides is 1. The number of carboxylic acids is 1. The number of carbonyl (C=O) groups is 2. The number of para-hydroxylation sites is 1. The molecule has 1 aromatic carbocycles. The van der Waals surface area contributed by atoms with Crippen molar-refractivity contribution in [2.45, 2.75) is 45.4 Å². The summed E-state index contributed by atoms with van der Waals surface area (Å²) in [5, 5.41) is 12.7. The van der Waals surface area contributed by atoms with E-state index in [1.807, 2.05) is 24.3 Å². The van der Waals surface area contributed by atoms with Gasteiger partial charge in [0.25, 0.3) is 0 Å². The fourth-order valence-corrected chi connectivity index (χ4v) is 2.63. The van der Waals surface area contributed by atoms with Crippen LogP contribution in [-0.4, -0.2) is 40.1 Å². The molecule has 0 radical (unpaired) electrons. The maximum atomic E-state index is 12.7. The first kappa shape index (κ1) is 18.8. The molecule has 0 saturated heterocycles. The Morgan fingerprint density at radius 2 is 2.00 bits per heavy atom. The number of alkyl carbamates (subject to hydrolysis) is 1. The summed E-state index contributed by atoms with van der Waals surface area (Å²) >= 11 is 0. The van der Waals surface area contributed by atoms with Crippen LogP contribution in [0.15, 0.2) is 30.5 Å². The number of benzene rings is 1. The molecule has 25 heavy (non-hydrogen) atoms. The Kier molecular flexibility index (Phi) is 5.66. The molecule has 0 spiro atoms. The van der Waals surface area contributed by atoms with Gasteiger partial charge in [0.1, 0.15) is 18.3 Å². The maximum Gasteiger partial charge on any atom is 0.408 e. The van der Waals surface area contributed by atoms with Gasteiger partial charge in [0, 0.05) is 23.5 Å². The molecule has 1 aromatic heterocycles. The van der Waals surface area contributed by atoms with E-state index in [0.717, 1.165) is 16.5 Å². The van der Waals surface area contributed by atoms with Crippen LogP contribution >= 0.6 is 0 Å². The maximum absolute atomic E-state index is 12.7. The highest BCUT2D eigenvalue weighted by Crippen LogP contribution is 2.23. The molecule has 1 atom stereocenters. The third kappa shape index (κ3) is 4.95. The number of carbonyl (C=O) groups excluding carboxylic acids is 1. The van der Waals surface area contributed by atoms with Crippen molar-refractivity contribution in [1.29, 1.82) is 0 Å². The van der Waals surface area contributed by atoms with Gasteiger partial charge in [0.05, 0.1) is 6.54 Å². The van der Waals surface area contributed by atoms with Gasteiger partial charge in [-0.25, -0.2) is 14.0 Å². The summed E-state index contributed by atoms with van der Waals surface area (Å²) in [6, 6.07) is 6.24. The molecule has 2 N–H and O–H groups in total. The fraction of sp³-hybridized carbons (Fsp3) is 0.444. The van der Waals surface area contributed by atoms with Crippen LogP contribution in [0.1, 0.15) is 26.3 Å². The zero-order valence-corrected chi connectivity index (χ0v) is 14.6. The Labute approximate surface area is 145 Å². The van der Waals surface area contributed by atoms with Crippen molar-refractivity contribution in [3.63, 3.8) is 0 Å². The van der Waals surface area contributed by atoms with Gasteiger partial charge in [0.2, 0.25) is 0 Å². The van der Waals surface area contributed by atoms with Crippen molar-refractivity contribution in [3.05, 3.63) is 36.0 Å². The van der Waals surface area contributed by atoms with Gasteiger partial charge in [-0.1, -0.05) is 18.2 Å². The van der Waals surface area contributed by atoms with Gasteiger partial charge < -0.3 is 19.7 Å². The van der Waals surface area contributed by atoms with Gasteiger partial charge in [0.15, 0.2) is 0 Å². The molecule has 0 aliphatic carbocycles. The summed E-state index contributed by atoms with van der Waals surface area (Å²) in [4.78, 5) is 23.4. The van der Waals surface area contributed by atoms with Crippen molar-refractivity contribution in [1.82, 2.24) is 9.88 Å². The summed E-state index contributed by atoms with van der Waals surface area (Å²) in [6.45, 7) is 4.78. The van der Waals surface area contributed by atoms with Crippen LogP contribution in [0.5, 0.6) is 0 Å². The lowest BCUT2D eigenvalue weighted by atomic mass is 10.1. The van der Waals surface area contributed by atoms with E-state index >= 15 is 0 Å². The van der Waals surface area contributed by atoms with E-state index in [1.165, 1.54) is 0 Å². The second-order valence-electron chi connectivity index (χ2n) is 6.80. The molecule has 1 heterocycles. The number of aliphatic carboxylic acids is 1. The van der Waals surface area contributed by atoms with Gasteiger partial charge in [-0.15, -0.1) is 0 Å². The average Bonchev–Trinajstić information content (AvgIpc) is 2.83. The summed E-state index contributed by atoms with van der Waals surface area (Å²) in [6.07, 6.45) is 1.03. The smallest absolute Gasteiger partial charge is 0.408 e. The Hall–Kier alpha value is -2.57. The van der Waals surface area contributed by atoms with Crippen LogP contribution in [0.25, 0.3) is 10.9 Å². The van der Waals surface area contributed by atoms with Crippen molar-refractivity contribution in [2.75, 3.05) is 6.67 Å². The van der Waals surface area contributed by atoms with E-state index in [2.05, 4.69) is 5.32 Å². The number of hydrogen-bond acceptors (Lipinski definition) is 3. The molecule has 0 saturated carbocycles. The molecular weight excluding hydrogens is 327 g/mol. The number of carboxylic acid groups (broad SMARTS) is 1. The lowest BCUT2D eigenvalue weighted by molar-refractivity contribution is -0.139. The predicted octanol–water partition coefficient (Wildman–Crippen LogP) is 3.13. The number of hydrogen-bond donors (Lipinski definition) is 2. The number of amides is 1. The second-order valence-corrected chi connectivity index (χ2v) is 6.80. The lowest BCUT2D eigenvalue weighted by Gasteiger charge is -2.22. The van der Waals surface area contributed by atoms with Gasteiger partial charge >= 0.3 is 12.1 Å². The minimum absolute atomic E-state index is 0.0778. The average molecular weight is 350 g/mol. The number of fused-ring (bicyclic) bond motifs is 1. The topological polar surface area (TPSA) is 80.6 Å². The highest BCUT2D eigenvalue weighted by molar-refractivity contribution is 5.86. The van der Waals surface area contributed by atoms with Crippen molar-refractivity contribution < 1.29 is 23.8 Å². The first-order chi connectivity index (χ1) is 11.7. The van der Waals surface area contributed by atoms with Crippen molar-refractivity contribution in [3.8, 4) is 0 Å². The monoisotopic (exact) mass is 350 g/mol. The number of rotatable bonds is 6. The summed E-state index contributed by atoms with van der Waals surface area (Å²) in [7, 11) is 0. The van der Waals surface area contributed by atoms with Gasteiger partial charge in [-0.3, -0.25) is 0 Å². The quantitative estimate of drug-likeness (QED) is 0.839. The SMILES string of the molecule is CC(C)(C)OC(=O)NC(Cc1cn(CCF)c2ccccc12)C(=O)O. The number of halogens is 1. The first-order valence-corrected chi connectivity index (χ1v) is 8.06.